The van der Waals surface area contributed by atoms with Crippen LogP contribution in [0.2, 0.25) is 5.15 Å². The largest absolute Gasteiger partial charge is 0.463 e. The van der Waals surface area contributed by atoms with E-state index in [1.165, 1.54) is 31.5 Å². The second kappa shape index (κ2) is 6.21. The molecule has 0 aromatic carbocycles. The maximum Gasteiger partial charge on any atom is 0.373 e. The van der Waals surface area contributed by atoms with E-state index >= 15 is 0 Å². The number of carbonyl (C=O) groups is 2. The topological polar surface area (TPSA) is 78.6 Å². The fourth-order valence-corrected chi connectivity index (χ4v) is 1.62. The van der Waals surface area contributed by atoms with Crippen LogP contribution < -0.4 is 0 Å². The van der Waals surface area contributed by atoms with Crippen LogP contribution in [-0.2, 0) is 16.1 Å². The average molecular weight is 296 g/mol. The van der Waals surface area contributed by atoms with Gasteiger partial charge in [0.25, 0.3) is 0 Å². The van der Waals surface area contributed by atoms with E-state index in [1.807, 2.05) is 0 Å². The number of halogens is 1. The molecule has 2 aromatic heterocycles. The summed E-state index contributed by atoms with van der Waals surface area (Å²) in [5.41, 5.74) is 0.161. The molecule has 104 valence electrons. The predicted molar refractivity (Wildman–Crippen MR) is 68.4 cm³/mol. The first kappa shape index (κ1) is 14.1. The Kier molecular flexibility index (Phi) is 4.37. The molecular weight excluding hydrogens is 286 g/mol. The van der Waals surface area contributed by atoms with E-state index in [1.54, 1.807) is 6.07 Å². The molecule has 0 spiro atoms. The van der Waals surface area contributed by atoms with E-state index in [0.29, 0.717) is 5.76 Å². The molecule has 0 saturated carbocycles. The summed E-state index contributed by atoms with van der Waals surface area (Å²) in [6.45, 7) is -0.124. The van der Waals surface area contributed by atoms with Gasteiger partial charge in [0.15, 0.2) is 0 Å². The second-order valence-corrected chi connectivity index (χ2v) is 4.03. The molecule has 20 heavy (non-hydrogen) atoms. The first-order valence-corrected chi connectivity index (χ1v) is 5.94. The quantitative estimate of drug-likeness (QED) is 0.637. The van der Waals surface area contributed by atoms with Crippen molar-refractivity contribution in [1.29, 1.82) is 0 Å². The van der Waals surface area contributed by atoms with Gasteiger partial charge in [-0.15, -0.1) is 0 Å². The van der Waals surface area contributed by atoms with Crippen LogP contribution in [0.15, 0.2) is 34.9 Å². The normalized spacial score (nSPS) is 10.1. The summed E-state index contributed by atoms with van der Waals surface area (Å²) in [6, 6.07) is 6.03. The molecule has 0 amide bonds. The number of rotatable bonds is 4. The Balaban J connectivity index is 1.99. The van der Waals surface area contributed by atoms with Crippen molar-refractivity contribution in [2.24, 2.45) is 0 Å². The van der Waals surface area contributed by atoms with Gasteiger partial charge in [-0.3, -0.25) is 0 Å². The van der Waals surface area contributed by atoms with Crippen molar-refractivity contribution in [3.63, 3.8) is 0 Å². The Morgan fingerprint density at radius 1 is 1.30 bits per heavy atom. The van der Waals surface area contributed by atoms with Crippen molar-refractivity contribution in [2.75, 3.05) is 7.11 Å². The van der Waals surface area contributed by atoms with E-state index in [-0.39, 0.29) is 23.1 Å². The lowest BCUT2D eigenvalue weighted by molar-refractivity contribution is 0.0438. The highest BCUT2D eigenvalue weighted by Crippen LogP contribution is 2.15. The van der Waals surface area contributed by atoms with E-state index in [9.17, 15) is 9.59 Å². The van der Waals surface area contributed by atoms with Crippen molar-refractivity contribution in [1.82, 2.24) is 4.98 Å². The van der Waals surface area contributed by atoms with Crippen molar-refractivity contribution < 1.29 is 23.5 Å². The lowest BCUT2D eigenvalue weighted by Gasteiger charge is -2.03. The van der Waals surface area contributed by atoms with Crippen LogP contribution in [0.4, 0.5) is 0 Å². The third-order valence-corrected chi connectivity index (χ3v) is 2.67. The molecule has 0 aliphatic rings. The van der Waals surface area contributed by atoms with Crippen LogP contribution in [0.1, 0.15) is 26.7 Å². The van der Waals surface area contributed by atoms with Crippen molar-refractivity contribution in [3.05, 3.63) is 52.7 Å². The number of pyridine rings is 1. The molecule has 0 radical (unpaired) electrons. The van der Waals surface area contributed by atoms with Gasteiger partial charge in [0.2, 0.25) is 5.76 Å². The van der Waals surface area contributed by atoms with Crippen LogP contribution in [0.3, 0.4) is 0 Å². The van der Waals surface area contributed by atoms with Gasteiger partial charge in [0, 0.05) is 6.20 Å². The molecule has 0 aliphatic carbocycles. The minimum atomic E-state index is -0.626. The van der Waals surface area contributed by atoms with Gasteiger partial charge in [-0.05, 0) is 24.3 Å². The third-order valence-electron chi connectivity index (χ3n) is 2.37. The zero-order valence-corrected chi connectivity index (χ0v) is 11.2. The maximum atomic E-state index is 11.8. The van der Waals surface area contributed by atoms with Gasteiger partial charge in [0.05, 0.1) is 12.7 Å². The highest BCUT2D eigenvalue weighted by atomic mass is 35.5. The number of carbonyl (C=O) groups excluding carboxylic acids is 2. The molecule has 0 bridgehead atoms. The summed E-state index contributed by atoms with van der Waals surface area (Å²) in [5, 5.41) is 0.0622. The number of furan rings is 1. The highest BCUT2D eigenvalue weighted by molar-refractivity contribution is 6.32. The summed E-state index contributed by atoms with van der Waals surface area (Å²) >= 11 is 5.77. The van der Waals surface area contributed by atoms with Crippen LogP contribution in [0, 0.1) is 0 Å². The SMILES string of the molecule is COC(=O)c1ccc(COC(=O)c2cccnc2Cl)o1. The van der Waals surface area contributed by atoms with Crippen LogP contribution in [0.25, 0.3) is 0 Å². The van der Waals surface area contributed by atoms with Gasteiger partial charge < -0.3 is 13.9 Å². The monoisotopic (exact) mass is 295 g/mol. The number of hydrogen-bond donors (Lipinski definition) is 0. The van der Waals surface area contributed by atoms with Crippen molar-refractivity contribution in [3.8, 4) is 0 Å². The molecule has 0 N–H and O–H groups in total. The predicted octanol–water partition coefficient (Wildman–Crippen LogP) is 2.47. The molecule has 0 aliphatic heterocycles. The molecular formula is C13H10ClNO5. The number of nitrogens with zero attached hydrogens (tertiary/aromatic N) is 1. The highest BCUT2D eigenvalue weighted by Gasteiger charge is 2.15. The summed E-state index contributed by atoms with van der Waals surface area (Å²) in [4.78, 5) is 26.7. The number of hydrogen-bond acceptors (Lipinski definition) is 6. The molecule has 6 nitrogen and oxygen atoms in total. The number of methoxy groups -OCH3 is 1. The maximum absolute atomic E-state index is 11.8. The Morgan fingerprint density at radius 2 is 2.10 bits per heavy atom. The molecule has 0 unspecified atom stereocenters. The summed E-state index contributed by atoms with van der Waals surface area (Å²) in [5.74, 6) is -0.867. The standard InChI is InChI=1S/C13H10ClNO5/c1-18-13(17)10-5-4-8(20-10)7-19-12(16)9-3-2-6-15-11(9)14/h2-6H,7H2,1H3. The van der Waals surface area contributed by atoms with Gasteiger partial charge >= 0.3 is 11.9 Å². The van der Waals surface area contributed by atoms with Crippen LogP contribution in [-0.4, -0.2) is 24.0 Å². The Morgan fingerprint density at radius 3 is 2.80 bits per heavy atom. The Labute approximate surface area is 119 Å². The van der Waals surface area contributed by atoms with Gasteiger partial charge in [-0.25, -0.2) is 14.6 Å². The summed E-state index contributed by atoms with van der Waals surface area (Å²) in [6.07, 6.45) is 1.47. The number of ether oxygens (including phenoxy) is 2. The average Bonchev–Trinajstić information content (AvgIpc) is 2.93. The summed E-state index contributed by atoms with van der Waals surface area (Å²) in [7, 11) is 1.24. The number of aromatic nitrogens is 1. The lowest BCUT2D eigenvalue weighted by atomic mass is 10.3. The van der Waals surface area contributed by atoms with Crippen LogP contribution in [0.5, 0.6) is 0 Å². The third kappa shape index (κ3) is 3.16. The Hall–Kier alpha value is -2.34. The second-order valence-electron chi connectivity index (χ2n) is 3.68. The number of esters is 2. The van der Waals surface area contributed by atoms with E-state index in [2.05, 4.69) is 9.72 Å². The molecule has 2 aromatic rings. The molecule has 0 saturated heterocycles. The van der Waals surface area contributed by atoms with Gasteiger partial charge in [0.1, 0.15) is 17.5 Å². The van der Waals surface area contributed by atoms with Gasteiger partial charge in [-0.2, -0.15) is 0 Å². The zero-order valence-electron chi connectivity index (χ0n) is 10.5. The fourth-order valence-electron chi connectivity index (χ4n) is 1.42. The zero-order chi connectivity index (χ0) is 14.5. The van der Waals surface area contributed by atoms with E-state index in [4.69, 9.17) is 20.8 Å². The Bertz CT molecular complexity index is 637. The van der Waals surface area contributed by atoms with Crippen molar-refractivity contribution in [2.45, 2.75) is 6.61 Å². The molecule has 2 heterocycles. The smallest absolute Gasteiger partial charge is 0.373 e. The summed E-state index contributed by atoms with van der Waals surface area (Å²) < 4.78 is 14.7. The molecule has 7 heteroatoms. The van der Waals surface area contributed by atoms with E-state index in [0.717, 1.165) is 0 Å². The van der Waals surface area contributed by atoms with Gasteiger partial charge in [-0.1, -0.05) is 11.6 Å². The minimum Gasteiger partial charge on any atom is -0.463 e. The molecule has 0 fully saturated rings. The lowest BCUT2D eigenvalue weighted by Crippen LogP contribution is -2.06. The van der Waals surface area contributed by atoms with Crippen LogP contribution >= 0.6 is 11.6 Å². The van der Waals surface area contributed by atoms with E-state index < -0.39 is 11.9 Å². The fraction of sp³-hybridized carbons (Fsp3) is 0.154. The first-order valence-electron chi connectivity index (χ1n) is 5.56. The first-order chi connectivity index (χ1) is 9.61. The molecule has 0 atom stereocenters. The van der Waals surface area contributed by atoms with Crippen molar-refractivity contribution >= 4 is 23.5 Å². The molecule has 2 rings (SSSR count). The minimum absolute atomic E-state index is 0.0398.